The van der Waals surface area contributed by atoms with Gasteiger partial charge in [0.25, 0.3) is 0 Å². The maximum atomic E-state index is 9.61. The van der Waals surface area contributed by atoms with Gasteiger partial charge in [-0.3, -0.25) is 4.79 Å². The van der Waals surface area contributed by atoms with Gasteiger partial charge >= 0.3 is 0 Å². The molecule has 0 aliphatic heterocycles. The summed E-state index contributed by atoms with van der Waals surface area (Å²) < 4.78 is 4.54. The van der Waals surface area contributed by atoms with Crippen LogP contribution in [0.5, 0.6) is 0 Å². The fraction of sp³-hybridized carbons (Fsp3) is 0.400. The van der Waals surface area contributed by atoms with Gasteiger partial charge in [0.1, 0.15) is 6.26 Å². The summed E-state index contributed by atoms with van der Waals surface area (Å²) in [6.45, 7) is 2.21. The third kappa shape index (κ3) is 3.21. The highest BCUT2D eigenvalue weighted by Gasteiger charge is 1.83. The zero-order valence-electron chi connectivity index (χ0n) is 4.63. The molecule has 0 rings (SSSR count). The Hall–Kier alpha value is -0.990. The number of aliphatic hydroxyl groups excluding tert-OH is 1. The van der Waals surface area contributed by atoms with Gasteiger partial charge in [-0.2, -0.15) is 0 Å². The van der Waals surface area contributed by atoms with Crippen LogP contribution in [0.4, 0.5) is 0 Å². The third-order valence-electron chi connectivity index (χ3n) is 0.491. The van der Waals surface area contributed by atoms with E-state index in [0.717, 1.165) is 6.26 Å². The lowest BCUT2D eigenvalue weighted by Crippen LogP contribution is -1.84. The van der Waals surface area contributed by atoms with E-state index in [-0.39, 0.29) is 5.76 Å². The molecule has 0 aromatic carbocycles. The third-order valence-corrected chi connectivity index (χ3v) is 0.491. The maximum absolute atomic E-state index is 9.61. The minimum absolute atomic E-state index is 0.315. The van der Waals surface area contributed by atoms with Gasteiger partial charge < -0.3 is 9.84 Å². The van der Waals surface area contributed by atoms with E-state index in [1.54, 1.807) is 6.92 Å². The van der Waals surface area contributed by atoms with Gasteiger partial charge in [0.2, 0.25) is 0 Å². The van der Waals surface area contributed by atoms with Crippen molar-refractivity contribution < 1.29 is 14.6 Å². The first-order valence-corrected chi connectivity index (χ1v) is 2.27. The Morgan fingerprint density at radius 1 is 1.88 bits per heavy atom. The van der Waals surface area contributed by atoms with Crippen LogP contribution in [0.15, 0.2) is 12.0 Å². The molecule has 0 amide bonds. The second-order valence-electron chi connectivity index (χ2n) is 1.12. The molecule has 0 radical (unpaired) electrons. The first-order valence-electron chi connectivity index (χ1n) is 2.27. The van der Waals surface area contributed by atoms with Crippen LogP contribution in [0, 0.1) is 0 Å². The number of aldehydes is 1. The molecule has 0 saturated heterocycles. The molecular formula is C5H8O3. The molecule has 0 aliphatic rings. The molecule has 0 saturated carbocycles. The van der Waals surface area contributed by atoms with E-state index in [1.807, 2.05) is 0 Å². The minimum Gasteiger partial charge on any atom is -0.502 e. The summed E-state index contributed by atoms with van der Waals surface area (Å²) in [7, 11) is 0. The van der Waals surface area contributed by atoms with Crippen molar-refractivity contribution in [3.63, 3.8) is 0 Å². The van der Waals surface area contributed by atoms with Crippen molar-refractivity contribution in [2.75, 3.05) is 6.61 Å². The van der Waals surface area contributed by atoms with Gasteiger partial charge in [-0.15, -0.1) is 0 Å². The van der Waals surface area contributed by atoms with Crippen molar-refractivity contribution in [2.45, 2.75) is 6.92 Å². The van der Waals surface area contributed by atoms with Gasteiger partial charge in [-0.1, -0.05) is 0 Å². The summed E-state index contributed by atoms with van der Waals surface area (Å²) in [6.07, 6.45) is 1.32. The van der Waals surface area contributed by atoms with Crippen LogP contribution >= 0.6 is 0 Å². The lowest BCUT2D eigenvalue weighted by molar-refractivity contribution is -0.107. The summed E-state index contributed by atoms with van der Waals surface area (Å²) in [5, 5.41) is 8.36. The highest BCUT2D eigenvalue weighted by Crippen LogP contribution is 1.81. The molecule has 3 heteroatoms. The van der Waals surface area contributed by atoms with Crippen LogP contribution in [-0.2, 0) is 9.53 Å². The minimum atomic E-state index is -0.383. The van der Waals surface area contributed by atoms with Crippen molar-refractivity contribution in [3.8, 4) is 0 Å². The molecule has 8 heavy (non-hydrogen) atoms. The second kappa shape index (κ2) is 4.18. The normalized spacial score (nSPS) is 10.9. The molecule has 0 heterocycles. The average molecular weight is 116 g/mol. The number of carbonyl (C=O) groups excluding carboxylic acids is 1. The molecule has 0 fully saturated rings. The molecule has 0 bridgehead atoms. The average Bonchev–Trinajstić information content (AvgIpc) is 1.83. The van der Waals surface area contributed by atoms with Crippen LogP contribution in [0.3, 0.4) is 0 Å². The van der Waals surface area contributed by atoms with Crippen LogP contribution < -0.4 is 0 Å². The first-order chi connectivity index (χ1) is 3.81. The SMILES string of the molecule is CCO/C=C(/O)C=O. The molecule has 46 valence electrons. The molecule has 0 aliphatic carbocycles. The van der Waals surface area contributed by atoms with Crippen molar-refractivity contribution in [1.82, 2.24) is 0 Å². The van der Waals surface area contributed by atoms with E-state index in [0.29, 0.717) is 12.9 Å². The predicted octanol–water partition coefficient (Wildman–Crippen LogP) is 0.621. The van der Waals surface area contributed by atoms with E-state index in [4.69, 9.17) is 5.11 Å². The Kier molecular flexibility index (Phi) is 3.66. The van der Waals surface area contributed by atoms with Gasteiger partial charge in [-0.25, -0.2) is 0 Å². The summed E-state index contributed by atoms with van der Waals surface area (Å²) in [5.74, 6) is -0.383. The van der Waals surface area contributed by atoms with Gasteiger partial charge in [-0.05, 0) is 6.92 Å². The van der Waals surface area contributed by atoms with Crippen molar-refractivity contribution in [2.24, 2.45) is 0 Å². The van der Waals surface area contributed by atoms with Crippen LogP contribution in [-0.4, -0.2) is 18.0 Å². The standard InChI is InChI=1S/C5H8O3/c1-2-8-4-5(7)3-6/h3-4,7H,2H2,1H3/b5-4+. The monoisotopic (exact) mass is 116 g/mol. The molecule has 0 aromatic rings. The molecular weight excluding hydrogens is 108 g/mol. The zero-order chi connectivity index (χ0) is 6.41. The number of hydrogen-bond donors (Lipinski definition) is 1. The largest absolute Gasteiger partial charge is 0.502 e. The fourth-order valence-electron chi connectivity index (χ4n) is 0.196. The van der Waals surface area contributed by atoms with E-state index in [1.165, 1.54) is 0 Å². The van der Waals surface area contributed by atoms with E-state index < -0.39 is 0 Å². The van der Waals surface area contributed by atoms with Crippen LogP contribution in [0.25, 0.3) is 0 Å². The highest BCUT2D eigenvalue weighted by molar-refractivity contribution is 5.68. The number of carbonyl (C=O) groups is 1. The topological polar surface area (TPSA) is 46.5 Å². The number of allylic oxidation sites excluding steroid dienone is 1. The number of aliphatic hydroxyl groups is 1. The number of rotatable bonds is 3. The van der Waals surface area contributed by atoms with Crippen molar-refractivity contribution >= 4 is 6.29 Å². The Bertz CT molecular complexity index is 95.8. The summed E-state index contributed by atoms with van der Waals surface area (Å²) >= 11 is 0. The van der Waals surface area contributed by atoms with E-state index in [9.17, 15) is 4.79 Å². The molecule has 0 atom stereocenters. The Balaban J connectivity index is 3.40. The molecule has 0 unspecified atom stereocenters. The smallest absolute Gasteiger partial charge is 0.190 e. The fourth-order valence-corrected chi connectivity index (χ4v) is 0.196. The van der Waals surface area contributed by atoms with Gasteiger partial charge in [0.15, 0.2) is 12.0 Å². The summed E-state index contributed by atoms with van der Waals surface area (Å²) in [4.78, 5) is 9.61. The van der Waals surface area contributed by atoms with Crippen LogP contribution in [0.2, 0.25) is 0 Å². The molecule has 1 N–H and O–H groups in total. The molecule has 3 nitrogen and oxygen atoms in total. The maximum Gasteiger partial charge on any atom is 0.190 e. The highest BCUT2D eigenvalue weighted by atomic mass is 16.5. The van der Waals surface area contributed by atoms with E-state index >= 15 is 0 Å². The second-order valence-corrected chi connectivity index (χ2v) is 1.12. The number of ether oxygens (including phenoxy) is 1. The van der Waals surface area contributed by atoms with Crippen LogP contribution in [0.1, 0.15) is 6.92 Å². The molecule has 0 aromatic heterocycles. The van der Waals surface area contributed by atoms with Gasteiger partial charge in [0, 0.05) is 0 Å². The number of hydrogen-bond acceptors (Lipinski definition) is 3. The Morgan fingerprint density at radius 3 is 2.88 bits per heavy atom. The van der Waals surface area contributed by atoms with Gasteiger partial charge in [0.05, 0.1) is 6.61 Å². The van der Waals surface area contributed by atoms with Crippen molar-refractivity contribution in [1.29, 1.82) is 0 Å². The summed E-state index contributed by atoms with van der Waals surface area (Å²) in [6, 6.07) is 0. The molecule has 0 spiro atoms. The van der Waals surface area contributed by atoms with E-state index in [2.05, 4.69) is 4.74 Å². The van der Waals surface area contributed by atoms with Crippen molar-refractivity contribution in [3.05, 3.63) is 12.0 Å². The lowest BCUT2D eigenvalue weighted by atomic mass is 10.6. The zero-order valence-corrected chi connectivity index (χ0v) is 4.63. The first kappa shape index (κ1) is 7.01. The quantitative estimate of drug-likeness (QED) is 0.334. The summed E-state index contributed by atoms with van der Waals surface area (Å²) in [5.41, 5.74) is 0. The lowest BCUT2D eigenvalue weighted by Gasteiger charge is -1.90. The predicted molar refractivity (Wildman–Crippen MR) is 28.4 cm³/mol. The Labute approximate surface area is 47.6 Å². The Morgan fingerprint density at radius 2 is 2.50 bits per heavy atom.